The van der Waals surface area contributed by atoms with Gasteiger partial charge in [-0.15, -0.1) is 11.3 Å². The summed E-state index contributed by atoms with van der Waals surface area (Å²) in [7, 11) is 1.59. The van der Waals surface area contributed by atoms with Crippen LogP contribution in [-0.4, -0.2) is 48.3 Å². The Kier molecular flexibility index (Phi) is 3.88. The third kappa shape index (κ3) is 2.42. The molecule has 0 aliphatic carbocycles. The Morgan fingerprint density at radius 1 is 1.52 bits per heavy atom. The molecule has 112 valence electrons. The van der Waals surface area contributed by atoms with Crippen LogP contribution in [-0.2, 0) is 4.74 Å². The van der Waals surface area contributed by atoms with E-state index in [1.807, 2.05) is 0 Å². The standard InChI is InChI=1S/C14H13ClFNO3S/c1-17(8-5-20-6-9(8)18)14(19)13-12(15)11-7(16)3-2-4-10(11)21-13/h2-4,8-9,18H,5-6H2,1H3/t8-,9-/m0/s1. The highest BCUT2D eigenvalue weighted by molar-refractivity contribution is 7.21. The largest absolute Gasteiger partial charge is 0.388 e. The minimum atomic E-state index is -0.719. The van der Waals surface area contributed by atoms with Crippen molar-refractivity contribution in [2.24, 2.45) is 0 Å². The van der Waals surface area contributed by atoms with Crippen LogP contribution in [0.25, 0.3) is 10.1 Å². The number of hydrogen-bond acceptors (Lipinski definition) is 4. The van der Waals surface area contributed by atoms with E-state index in [9.17, 15) is 14.3 Å². The molecule has 1 fully saturated rings. The van der Waals surface area contributed by atoms with Crippen molar-refractivity contribution in [3.8, 4) is 0 Å². The summed E-state index contributed by atoms with van der Waals surface area (Å²) in [5.41, 5.74) is 0. The van der Waals surface area contributed by atoms with E-state index in [0.29, 0.717) is 4.70 Å². The highest BCUT2D eigenvalue weighted by Crippen LogP contribution is 2.37. The molecule has 0 radical (unpaired) electrons. The number of benzene rings is 1. The average molecular weight is 330 g/mol. The summed E-state index contributed by atoms with van der Waals surface area (Å²) in [6, 6.07) is 4.20. The number of halogens is 2. The first kappa shape index (κ1) is 14.7. The van der Waals surface area contributed by atoms with Gasteiger partial charge in [0, 0.05) is 17.1 Å². The van der Waals surface area contributed by atoms with Crippen LogP contribution in [0.15, 0.2) is 18.2 Å². The molecule has 2 heterocycles. The Morgan fingerprint density at radius 3 is 2.90 bits per heavy atom. The smallest absolute Gasteiger partial charge is 0.265 e. The number of ether oxygens (including phenoxy) is 1. The fourth-order valence-electron chi connectivity index (χ4n) is 2.42. The summed E-state index contributed by atoms with van der Waals surface area (Å²) in [4.78, 5) is 14.2. The molecule has 2 aromatic rings. The van der Waals surface area contributed by atoms with Crippen LogP contribution in [0.2, 0.25) is 5.02 Å². The molecule has 1 aromatic heterocycles. The van der Waals surface area contributed by atoms with Crippen molar-refractivity contribution in [2.75, 3.05) is 20.3 Å². The summed E-state index contributed by atoms with van der Waals surface area (Å²) in [6.07, 6.45) is -0.719. The normalized spacial score (nSPS) is 21.9. The third-order valence-electron chi connectivity index (χ3n) is 3.64. The third-order valence-corrected chi connectivity index (χ3v) is 5.27. The number of carbonyl (C=O) groups is 1. The molecule has 1 aliphatic rings. The van der Waals surface area contributed by atoms with Gasteiger partial charge < -0.3 is 14.7 Å². The molecule has 0 unspecified atom stereocenters. The number of aliphatic hydroxyl groups excluding tert-OH is 1. The van der Waals surface area contributed by atoms with Gasteiger partial charge >= 0.3 is 0 Å². The van der Waals surface area contributed by atoms with Crippen molar-refractivity contribution in [1.29, 1.82) is 0 Å². The molecule has 1 aromatic carbocycles. The second kappa shape index (κ2) is 5.53. The minimum absolute atomic E-state index is 0.123. The van der Waals surface area contributed by atoms with Crippen LogP contribution in [0.5, 0.6) is 0 Å². The van der Waals surface area contributed by atoms with E-state index in [4.69, 9.17) is 16.3 Å². The number of carbonyl (C=O) groups excluding carboxylic acids is 1. The van der Waals surface area contributed by atoms with Crippen LogP contribution >= 0.6 is 22.9 Å². The number of fused-ring (bicyclic) bond motifs is 1. The fourth-order valence-corrected chi connectivity index (χ4v) is 3.96. The molecule has 2 atom stereocenters. The Morgan fingerprint density at radius 2 is 2.29 bits per heavy atom. The minimum Gasteiger partial charge on any atom is -0.388 e. The lowest BCUT2D eigenvalue weighted by atomic mass is 10.2. The van der Waals surface area contributed by atoms with Crippen molar-refractivity contribution in [3.63, 3.8) is 0 Å². The lowest BCUT2D eigenvalue weighted by Crippen LogP contribution is -2.43. The lowest BCUT2D eigenvalue weighted by molar-refractivity contribution is 0.0586. The van der Waals surface area contributed by atoms with Gasteiger partial charge in [0.2, 0.25) is 0 Å². The van der Waals surface area contributed by atoms with Crippen molar-refractivity contribution < 1.29 is 19.0 Å². The highest BCUT2D eigenvalue weighted by Gasteiger charge is 2.34. The van der Waals surface area contributed by atoms with Gasteiger partial charge in [0.25, 0.3) is 5.91 Å². The average Bonchev–Trinajstić information content (AvgIpc) is 3.02. The van der Waals surface area contributed by atoms with E-state index in [1.165, 1.54) is 11.0 Å². The van der Waals surface area contributed by atoms with Crippen molar-refractivity contribution in [2.45, 2.75) is 12.1 Å². The fraction of sp³-hybridized carbons (Fsp3) is 0.357. The SMILES string of the molecule is CN(C(=O)c1sc2cccc(F)c2c1Cl)[C@H]1COC[C@@H]1O. The summed E-state index contributed by atoms with van der Waals surface area (Å²) >= 11 is 7.32. The zero-order valence-corrected chi connectivity index (χ0v) is 12.7. The molecular weight excluding hydrogens is 317 g/mol. The van der Waals surface area contributed by atoms with Gasteiger partial charge in [0.05, 0.1) is 30.4 Å². The molecule has 0 spiro atoms. The Bertz CT molecular complexity index is 705. The first-order valence-electron chi connectivity index (χ1n) is 6.40. The zero-order valence-electron chi connectivity index (χ0n) is 11.2. The molecule has 7 heteroatoms. The summed E-state index contributed by atoms with van der Waals surface area (Å²) in [5, 5.41) is 10.2. The number of aliphatic hydroxyl groups is 1. The second-order valence-corrected chi connectivity index (χ2v) is 6.38. The van der Waals surface area contributed by atoms with E-state index in [0.717, 1.165) is 11.3 Å². The predicted molar refractivity (Wildman–Crippen MR) is 79.5 cm³/mol. The maximum Gasteiger partial charge on any atom is 0.265 e. The lowest BCUT2D eigenvalue weighted by Gasteiger charge is -2.25. The Labute approximate surface area is 129 Å². The van der Waals surface area contributed by atoms with Gasteiger partial charge in [0.1, 0.15) is 10.7 Å². The molecular formula is C14H13ClFNO3S. The van der Waals surface area contributed by atoms with Crippen LogP contribution in [0.3, 0.4) is 0 Å². The number of hydrogen-bond donors (Lipinski definition) is 1. The number of amides is 1. The molecule has 1 aliphatic heterocycles. The molecule has 21 heavy (non-hydrogen) atoms. The van der Waals surface area contributed by atoms with E-state index in [-0.39, 0.29) is 34.4 Å². The molecule has 1 amide bonds. The molecule has 0 saturated carbocycles. The summed E-state index contributed by atoms with van der Waals surface area (Å²) in [6.45, 7) is 0.483. The summed E-state index contributed by atoms with van der Waals surface area (Å²) < 4.78 is 19.6. The number of thiophene rings is 1. The Hall–Kier alpha value is -1.21. The maximum atomic E-state index is 13.8. The quantitative estimate of drug-likeness (QED) is 0.921. The van der Waals surface area contributed by atoms with E-state index in [1.54, 1.807) is 19.2 Å². The van der Waals surface area contributed by atoms with Gasteiger partial charge in [-0.3, -0.25) is 4.79 Å². The predicted octanol–water partition coefficient (Wildman–Crippen LogP) is 2.53. The van der Waals surface area contributed by atoms with Crippen LogP contribution < -0.4 is 0 Å². The second-order valence-electron chi connectivity index (χ2n) is 4.95. The maximum absolute atomic E-state index is 13.8. The molecule has 3 rings (SSSR count). The van der Waals surface area contributed by atoms with Crippen molar-refractivity contribution in [1.82, 2.24) is 4.90 Å². The van der Waals surface area contributed by atoms with Crippen LogP contribution in [0.4, 0.5) is 4.39 Å². The van der Waals surface area contributed by atoms with Crippen LogP contribution in [0, 0.1) is 5.82 Å². The number of nitrogens with zero attached hydrogens (tertiary/aromatic N) is 1. The highest BCUT2D eigenvalue weighted by atomic mass is 35.5. The van der Waals surface area contributed by atoms with Crippen molar-refractivity contribution in [3.05, 3.63) is 33.9 Å². The molecule has 4 nitrogen and oxygen atoms in total. The van der Waals surface area contributed by atoms with Gasteiger partial charge in [-0.2, -0.15) is 0 Å². The van der Waals surface area contributed by atoms with Gasteiger partial charge in [-0.25, -0.2) is 4.39 Å². The van der Waals surface area contributed by atoms with E-state index >= 15 is 0 Å². The number of rotatable bonds is 2. The van der Waals surface area contributed by atoms with Gasteiger partial charge in [-0.1, -0.05) is 17.7 Å². The Balaban J connectivity index is 1.98. The van der Waals surface area contributed by atoms with Gasteiger partial charge in [0.15, 0.2) is 0 Å². The van der Waals surface area contributed by atoms with E-state index < -0.39 is 18.0 Å². The van der Waals surface area contributed by atoms with Crippen LogP contribution in [0.1, 0.15) is 9.67 Å². The topological polar surface area (TPSA) is 49.8 Å². The number of likely N-dealkylation sites (N-methyl/N-ethyl adjacent to an activating group) is 1. The first-order chi connectivity index (χ1) is 10.0. The van der Waals surface area contributed by atoms with Gasteiger partial charge in [-0.05, 0) is 12.1 Å². The monoisotopic (exact) mass is 329 g/mol. The molecule has 1 N–H and O–H groups in total. The van der Waals surface area contributed by atoms with E-state index in [2.05, 4.69) is 0 Å². The first-order valence-corrected chi connectivity index (χ1v) is 7.59. The molecule has 1 saturated heterocycles. The molecule has 0 bridgehead atoms. The zero-order chi connectivity index (χ0) is 15.1. The van der Waals surface area contributed by atoms with Crippen molar-refractivity contribution >= 4 is 38.9 Å². The summed E-state index contributed by atoms with van der Waals surface area (Å²) in [5.74, 6) is -0.783.